The van der Waals surface area contributed by atoms with Crippen molar-refractivity contribution in [3.05, 3.63) is 32.8 Å². The maximum atomic E-state index is 13.8. The van der Waals surface area contributed by atoms with Crippen molar-refractivity contribution in [2.24, 2.45) is 0 Å². The van der Waals surface area contributed by atoms with Gasteiger partial charge in [0, 0.05) is 11.4 Å². The minimum atomic E-state index is -2.23. The van der Waals surface area contributed by atoms with Crippen LogP contribution in [0.2, 0.25) is 15.1 Å². The molecule has 19 heavy (non-hydrogen) atoms. The molecule has 6 heteroatoms. The quantitative estimate of drug-likeness (QED) is 0.549. The second-order valence-corrected chi connectivity index (χ2v) is 5.29. The Kier molecular flexibility index (Phi) is 6.24. The molecule has 0 heterocycles. The Hall–Kier alpha value is -0.640. The third-order valence-electron chi connectivity index (χ3n) is 2.54. The van der Waals surface area contributed by atoms with E-state index in [4.69, 9.17) is 34.8 Å². The van der Waals surface area contributed by atoms with E-state index in [2.05, 4.69) is 0 Å². The largest absolute Gasteiger partial charge is 0.296 e. The molecule has 0 amide bonds. The number of rotatable bonds is 6. The summed E-state index contributed by atoms with van der Waals surface area (Å²) >= 11 is 17.3. The predicted molar refractivity (Wildman–Crippen MR) is 75.2 cm³/mol. The van der Waals surface area contributed by atoms with Crippen molar-refractivity contribution in [1.82, 2.24) is 0 Å². The van der Waals surface area contributed by atoms with E-state index in [1.165, 1.54) is 12.1 Å². The van der Waals surface area contributed by atoms with E-state index in [1.54, 1.807) is 0 Å². The average molecular weight is 326 g/mol. The topological polar surface area (TPSA) is 34.1 Å². The van der Waals surface area contributed by atoms with Crippen molar-refractivity contribution >= 4 is 46.4 Å². The van der Waals surface area contributed by atoms with Crippen molar-refractivity contribution in [3.63, 3.8) is 0 Å². The summed E-state index contributed by atoms with van der Waals surface area (Å²) in [5.74, 6) is -1.78. The summed E-state index contributed by atoms with van der Waals surface area (Å²) in [6, 6.07) is 2.57. The highest BCUT2D eigenvalue weighted by Gasteiger charge is 2.29. The number of carbonyl (C=O) groups is 2. The summed E-state index contributed by atoms with van der Waals surface area (Å²) in [6.45, 7) is 1.87. The van der Waals surface area contributed by atoms with Gasteiger partial charge < -0.3 is 0 Å². The lowest BCUT2D eigenvalue weighted by Gasteiger charge is -2.10. The summed E-state index contributed by atoms with van der Waals surface area (Å²) < 4.78 is 13.8. The van der Waals surface area contributed by atoms with E-state index in [-0.39, 0.29) is 27.1 Å². The van der Waals surface area contributed by atoms with Gasteiger partial charge in [0.1, 0.15) is 0 Å². The van der Waals surface area contributed by atoms with Gasteiger partial charge in [0.15, 0.2) is 5.78 Å². The Morgan fingerprint density at radius 2 is 1.74 bits per heavy atom. The molecule has 0 aromatic heterocycles. The highest BCUT2D eigenvalue weighted by molar-refractivity contribution is 6.43. The van der Waals surface area contributed by atoms with Gasteiger partial charge in [-0.15, -0.1) is 0 Å². The summed E-state index contributed by atoms with van der Waals surface area (Å²) in [4.78, 5) is 23.4. The molecule has 0 bridgehead atoms. The minimum absolute atomic E-state index is 0.0201. The first-order valence-corrected chi connectivity index (χ1v) is 6.87. The van der Waals surface area contributed by atoms with Gasteiger partial charge in [0.25, 0.3) is 0 Å². The van der Waals surface area contributed by atoms with Crippen molar-refractivity contribution in [2.45, 2.75) is 32.4 Å². The number of halogens is 4. The van der Waals surface area contributed by atoms with Crippen LogP contribution in [0.5, 0.6) is 0 Å². The molecule has 1 rings (SSSR count). The lowest BCUT2D eigenvalue weighted by molar-refractivity contribution is -0.122. The van der Waals surface area contributed by atoms with E-state index in [1.807, 2.05) is 6.92 Å². The second kappa shape index (κ2) is 7.22. The van der Waals surface area contributed by atoms with Crippen LogP contribution in [0.4, 0.5) is 4.39 Å². The second-order valence-electron chi connectivity index (χ2n) is 4.04. The fourth-order valence-electron chi connectivity index (χ4n) is 1.53. The molecular formula is C13H12Cl3FO2. The van der Waals surface area contributed by atoms with Crippen LogP contribution >= 0.6 is 34.8 Å². The normalized spacial score (nSPS) is 12.3. The molecule has 2 nitrogen and oxygen atoms in total. The molecule has 0 radical (unpaired) electrons. The smallest absolute Gasteiger partial charge is 0.220 e. The zero-order chi connectivity index (χ0) is 14.6. The van der Waals surface area contributed by atoms with Crippen LogP contribution in [0.15, 0.2) is 12.1 Å². The molecule has 0 N–H and O–H groups in total. The maximum absolute atomic E-state index is 13.8. The number of benzene rings is 1. The van der Waals surface area contributed by atoms with Crippen molar-refractivity contribution in [1.29, 1.82) is 0 Å². The number of alkyl halides is 1. The summed E-state index contributed by atoms with van der Waals surface area (Å²) in [7, 11) is 0. The molecular weight excluding hydrogens is 313 g/mol. The number of hydrogen-bond acceptors (Lipinski definition) is 2. The van der Waals surface area contributed by atoms with Crippen molar-refractivity contribution in [2.75, 3.05) is 0 Å². The van der Waals surface area contributed by atoms with Gasteiger partial charge in [-0.2, -0.15) is 0 Å². The summed E-state index contributed by atoms with van der Waals surface area (Å²) in [5, 5.41) is 0.112. The zero-order valence-corrected chi connectivity index (χ0v) is 12.4. The lowest BCUT2D eigenvalue weighted by atomic mass is 10.0. The number of ketones is 2. The van der Waals surface area contributed by atoms with Gasteiger partial charge in [-0.25, -0.2) is 4.39 Å². The van der Waals surface area contributed by atoms with Crippen LogP contribution in [0.1, 0.15) is 36.5 Å². The van der Waals surface area contributed by atoms with Gasteiger partial charge in [0.2, 0.25) is 12.0 Å². The van der Waals surface area contributed by atoms with Gasteiger partial charge >= 0.3 is 0 Å². The van der Waals surface area contributed by atoms with Crippen LogP contribution in [-0.2, 0) is 4.79 Å². The maximum Gasteiger partial charge on any atom is 0.220 e. The summed E-state index contributed by atoms with van der Waals surface area (Å²) in [6.07, 6.45) is -0.932. The van der Waals surface area contributed by atoms with Crippen LogP contribution in [-0.4, -0.2) is 17.7 Å². The molecule has 0 aliphatic rings. The predicted octanol–water partition coefficient (Wildman–Crippen LogP) is 4.93. The summed E-state index contributed by atoms with van der Waals surface area (Å²) in [5.41, 5.74) is -0.204. The van der Waals surface area contributed by atoms with Crippen molar-refractivity contribution < 1.29 is 14.0 Å². The molecule has 1 unspecified atom stereocenters. The Bertz CT molecular complexity index is 480. The molecule has 1 atom stereocenters. The van der Waals surface area contributed by atoms with Gasteiger partial charge in [0.05, 0.1) is 15.6 Å². The average Bonchev–Trinajstić information content (AvgIpc) is 2.33. The molecule has 1 aromatic rings. The minimum Gasteiger partial charge on any atom is -0.296 e. The molecule has 0 aliphatic heterocycles. The van der Waals surface area contributed by atoms with Crippen LogP contribution < -0.4 is 0 Å². The fourth-order valence-corrected chi connectivity index (χ4v) is 2.53. The monoisotopic (exact) mass is 324 g/mol. The number of unbranched alkanes of at least 4 members (excludes halogenated alkanes) is 1. The number of carbonyl (C=O) groups excluding carboxylic acids is 2. The Labute approximate surface area is 125 Å². The fraction of sp³-hybridized carbons (Fsp3) is 0.385. The van der Waals surface area contributed by atoms with Crippen LogP contribution in [0, 0.1) is 0 Å². The van der Waals surface area contributed by atoms with Gasteiger partial charge in [-0.05, 0) is 18.6 Å². The first kappa shape index (κ1) is 16.4. The molecule has 0 spiro atoms. The third kappa shape index (κ3) is 4.16. The van der Waals surface area contributed by atoms with E-state index in [0.717, 1.165) is 6.42 Å². The van der Waals surface area contributed by atoms with Gasteiger partial charge in [-0.3, -0.25) is 9.59 Å². The Morgan fingerprint density at radius 3 is 2.21 bits per heavy atom. The van der Waals surface area contributed by atoms with Crippen molar-refractivity contribution in [3.8, 4) is 0 Å². The lowest BCUT2D eigenvalue weighted by Crippen LogP contribution is -2.26. The molecule has 0 fully saturated rings. The number of hydrogen-bond donors (Lipinski definition) is 0. The molecule has 104 valence electrons. The Morgan fingerprint density at radius 1 is 1.21 bits per heavy atom. The third-order valence-corrected chi connectivity index (χ3v) is 3.36. The SMILES string of the molecule is CCCCC(=O)C(F)C(=O)c1c(Cl)cc(Cl)cc1Cl. The van der Waals surface area contributed by atoms with E-state index in [0.29, 0.717) is 6.42 Å². The molecule has 1 aromatic carbocycles. The molecule has 0 saturated heterocycles. The Balaban J connectivity index is 2.97. The first-order chi connectivity index (χ1) is 8.88. The van der Waals surface area contributed by atoms with Crippen LogP contribution in [0.25, 0.3) is 0 Å². The van der Waals surface area contributed by atoms with E-state index < -0.39 is 17.7 Å². The highest BCUT2D eigenvalue weighted by atomic mass is 35.5. The first-order valence-electron chi connectivity index (χ1n) is 5.74. The van der Waals surface area contributed by atoms with E-state index in [9.17, 15) is 14.0 Å². The van der Waals surface area contributed by atoms with Crippen LogP contribution in [0.3, 0.4) is 0 Å². The number of Topliss-reactive ketones (excluding diaryl/α,β-unsaturated/α-hetero) is 2. The molecule has 0 saturated carbocycles. The van der Waals surface area contributed by atoms with E-state index >= 15 is 0 Å². The highest BCUT2D eigenvalue weighted by Crippen LogP contribution is 2.30. The molecule has 0 aliphatic carbocycles. The standard InChI is InChI=1S/C13H12Cl3FO2/c1-2-3-4-10(18)12(17)13(19)11-8(15)5-7(14)6-9(11)16/h5-6,12H,2-4H2,1H3. The zero-order valence-electron chi connectivity index (χ0n) is 10.2. The van der Waals surface area contributed by atoms with Gasteiger partial charge in [-0.1, -0.05) is 48.1 Å².